The minimum Gasteiger partial charge on any atom is -0.490 e. The van der Waals surface area contributed by atoms with Crippen LogP contribution < -0.4 is 15.4 Å². The molecule has 1 saturated heterocycles. The highest BCUT2D eigenvalue weighted by Gasteiger charge is 2.21. The van der Waals surface area contributed by atoms with Crippen molar-refractivity contribution in [2.45, 2.75) is 64.6 Å². The number of guanidine groups is 1. The maximum atomic E-state index is 6.13. The second kappa shape index (κ2) is 11.9. The smallest absolute Gasteiger partial charge is 0.191 e. The number of hydrogen-bond acceptors (Lipinski definition) is 3. The van der Waals surface area contributed by atoms with Crippen LogP contribution in [0.1, 0.15) is 51.5 Å². The monoisotopic (exact) mass is 500 g/mol. The van der Waals surface area contributed by atoms with Crippen molar-refractivity contribution in [1.82, 2.24) is 15.5 Å². The van der Waals surface area contributed by atoms with Gasteiger partial charge in [-0.3, -0.25) is 4.99 Å². The first-order chi connectivity index (χ1) is 13.1. The number of hydrogen-bond donors (Lipinski definition) is 2. The minimum absolute atomic E-state index is 0. The Morgan fingerprint density at radius 2 is 1.89 bits per heavy atom. The molecule has 0 bridgehead atoms. The summed E-state index contributed by atoms with van der Waals surface area (Å²) in [4.78, 5) is 7.00. The lowest BCUT2D eigenvalue weighted by Crippen LogP contribution is -2.49. The van der Waals surface area contributed by atoms with Crippen LogP contribution in [0, 0.1) is 5.92 Å². The summed E-state index contributed by atoms with van der Waals surface area (Å²) in [5.41, 5.74) is 1.19. The van der Waals surface area contributed by atoms with Gasteiger partial charge in [-0.25, -0.2) is 0 Å². The SMILES string of the molecule is CN=C(NCc1ccccc1OC1CCC1)NC1CCN(CC(C)C)CC1.I. The van der Waals surface area contributed by atoms with Crippen molar-refractivity contribution >= 4 is 29.9 Å². The zero-order valence-electron chi connectivity index (χ0n) is 17.6. The molecule has 6 heteroatoms. The number of para-hydroxylation sites is 1. The zero-order valence-corrected chi connectivity index (χ0v) is 19.9. The quantitative estimate of drug-likeness (QED) is 0.338. The molecule has 0 aromatic heterocycles. The summed E-state index contributed by atoms with van der Waals surface area (Å²) in [6, 6.07) is 8.84. The number of halogens is 1. The van der Waals surface area contributed by atoms with Gasteiger partial charge in [-0.05, 0) is 44.1 Å². The van der Waals surface area contributed by atoms with Gasteiger partial charge in [-0.2, -0.15) is 0 Å². The highest BCUT2D eigenvalue weighted by Crippen LogP contribution is 2.27. The number of likely N-dealkylation sites (tertiary alicyclic amines) is 1. The molecule has 3 rings (SSSR count). The maximum absolute atomic E-state index is 6.13. The van der Waals surface area contributed by atoms with Crippen LogP contribution in [0.5, 0.6) is 5.75 Å². The van der Waals surface area contributed by atoms with Crippen LogP contribution in [0.25, 0.3) is 0 Å². The molecule has 1 aromatic carbocycles. The largest absolute Gasteiger partial charge is 0.490 e. The summed E-state index contributed by atoms with van der Waals surface area (Å²) >= 11 is 0. The molecule has 28 heavy (non-hydrogen) atoms. The van der Waals surface area contributed by atoms with Crippen molar-refractivity contribution in [2.24, 2.45) is 10.9 Å². The van der Waals surface area contributed by atoms with Gasteiger partial charge in [0.2, 0.25) is 0 Å². The first-order valence-corrected chi connectivity index (χ1v) is 10.6. The highest BCUT2D eigenvalue weighted by atomic mass is 127. The predicted molar refractivity (Wildman–Crippen MR) is 128 cm³/mol. The van der Waals surface area contributed by atoms with Crippen molar-refractivity contribution in [3.8, 4) is 5.75 Å². The molecule has 158 valence electrons. The van der Waals surface area contributed by atoms with Crippen LogP contribution in [0.15, 0.2) is 29.3 Å². The number of aliphatic imine (C=N–C) groups is 1. The van der Waals surface area contributed by atoms with Gasteiger partial charge in [-0.15, -0.1) is 24.0 Å². The molecule has 5 nitrogen and oxygen atoms in total. The van der Waals surface area contributed by atoms with E-state index in [4.69, 9.17) is 4.74 Å². The Kier molecular flexibility index (Phi) is 9.85. The standard InChI is InChI=1S/C22H36N4O.HI/c1-17(2)16-26-13-11-19(12-14-26)25-22(23-3)24-15-18-7-4-5-10-21(18)27-20-8-6-9-20;/h4-5,7,10,17,19-20H,6,8-9,11-16H2,1-3H3,(H2,23,24,25);1H. The average molecular weight is 500 g/mol. The fourth-order valence-electron chi connectivity index (χ4n) is 3.78. The van der Waals surface area contributed by atoms with E-state index >= 15 is 0 Å². The number of ether oxygens (including phenoxy) is 1. The molecule has 2 aliphatic rings. The summed E-state index contributed by atoms with van der Waals surface area (Å²) in [6.07, 6.45) is 6.40. The van der Waals surface area contributed by atoms with Gasteiger partial charge in [0, 0.05) is 44.8 Å². The number of benzene rings is 1. The summed E-state index contributed by atoms with van der Waals surface area (Å²) in [6.45, 7) is 8.87. The Balaban J connectivity index is 0.00000280. The van der Waals surface area contributed by atoms with Crippen LogP contribution in [0.2, 0.25) is 0 Å². The predicted octanol–water partition coefficient (Wildman–Crippen LogP) is 4.02. The van der Waals surface area contributed by atoms with Gasteiger partial charge < -0.3 is 20.3 Å². The number of nitrogens with zero attached hydrogens (tertiary/aromatic N) is 2. The van der Waals surface area contributed by atoms with E-state index in [-0.39, 0.29) is 24.0 Å². The Bertz CT molecular complexity index is 610. The third-order valence-electron chi connectivity index (χ3n) is 5.54. The van der Waals surface area contributed by atoms with E-state index in [0.717, 1.165) is 24.2 Å². The first kappa shape index (κ1) is 23.3. The summed E-state index contributed by atoms with van der Waals surface area (Å²) in [5.74, 6) is 2.63. The van der Waals surface area contributed by atoms with Gasteiger partial charge in [0.05, 0.1) is 6.10 Å². The van der Waals surface area contributed by atoms with Crippen molar-refractivity contribution in [3.63, 3.8) is 0 Å². The van der Waals surface area contributed by atoms with Crippen LogP contribution in [0.4, 0.5) is 0 Å². The molecular weight excluding hydrogens is 463 g/mol. The van der Waals surface area contributed by atoms with E-state index in [1.807, 2.05) is 7.05 Å². The molecule has 1 aliphatic carbocycles. The second-order valence-corrected chi connectivity index (χ2v) is 8.32. The lowest BCUT2D eigenvalue weighted by molar-refractivity contribution is 0.119. The maximum Gasteiger partial charge on any atom is 0.191 e. The zero-order chi connectivity index (χ0) is 19.1. The van der Waals surface area contributed by atoms with E-state index in [2.05, 4.69) is 58.6 Å². The molecule has 0 amide bonds. The third-order valence-corrected chi connectivity index (χ3v) is 5.54. The highest BCUT2D eigenvalue weighted by molar-refractivity contribution is 14.0. The molecule has 0 spiro atoms. The Morgan fingerprint density at radius 1 is 1.18 bits per heavy atom. The third kappa shape index (κ3) is 7.10. The number of nitrogens with one attached hydrogen (secondary N) is 2. The van der Waals surface area contributed by atoms with E-state index in [1.165, 1.54) is 57.3 Å². The number of rotatable bonds is 7. The molecule has 0 radical (unpaired) electrons. The van der Waals surface area contributed by atoms with E-state index in [0.29, 0.717) is 12.1 Å². The topological polar surface area (TPSA) is 48.9 Å². The Morgan fingerprint density at radius 3 is 2.50 bits per heavy atom. The van der Waals surface area contributed by atoms with Gasteiger partial charge in [0.25, 0.3) is 0 Å². The van der Waals surface area contributed by atoms with E-state index < -0.39 is 0 Å². The number of piperidine rings is 1. The van der Waals surface area contributed by atoms with Crippen molar-refractivity contribution < 1.29 is 4.74 Å². The van der Waals surface area contributed by atoms with Crippen molar-refractivity contribution in [1.29, 1.82) is 0 Å². The van der Waals surface area contributed by atoms with Gasteiger partial charge >= 0.3 is 0 Å². The molecule has 1 saturated carbocycles. The molecular formula is C22H37IN4O. The van der Waals surface area contributed by atoms with Crippen LogP contribution in [-0.2, 0) is 6.54 Å². The van der Waals surface area contributed by atoms with Crippen molar-refractivity contribution in [3.05, 3.63) is 29.8 Å². The van der Waals surface area contributed by atoms with Gasteiger partial charge in [-0.1, -0.05) is 32.0 Å². The molecule has 0 atom stereocenters. The molecule has 2 fully saturated rings. The van der Waals surface area contributed by atoms with Crippen LogP contribution in [0.3, 0.4) is 0 Å². The Hall–Kier alpha value is -1.02. The van der Waals surface area contributed by atoms with E-state index in [1.54, 1.807) is 0 Å². The molecule has 2 N–H and O–H groups in total. The van der Waals surface area contributed by atoms with Crippen LogP contribution in [-0.4, -0.2) is 49.7 Å². The molecule has 0 unspecified atom stereocenters. The normalized spacial score (nSPS) is 19.1. The fraction of sp³-hybridized carbons (Fsp3) is 0.682. The summed E-state index contributed by atoms with van der Waals surface area (Å²) in [5, 5.41) is 7.08. The van der Waals surface area contributed by atoms with E-state index in [9.17, 15) is 0 Å². The second-order valence-electron chi connectivity index (χ2n) is 8.32. The Labute approximate surface area is 187 Å². The summed E-state index contributed by atoms with van der Waals surface area (Å²) in [7, 11) is 1.85. The minimum atomic E-state index is 0. The fourth-order valence-corrected chi connectivity index (χ4v) is 3.78. The lowest BCUT2D eigenvalue weighted by Gasteiger charge is -2.34. The first-order valence-electron chi connectivity index (χ1n) is 10.6. The van der Waals surface area contributed by atoms with Crippen molar-refractivity contribution in [2.75, 3.05) is 26.7 Å². The average Bonchev–Trinajstić information content (AvgIpc) is 2.63. The van der Waals surface area contributed by atoms with Crippen LogP contribution >= 0.6 is 24.0 Å². The molecule has 1 aliphatic heterocycles. The molecule has 1 heterocycles. The summed E-state index contributed by atoms with van der Waals surface area (Å²) < 4.78 is 6.13. The molecule has 1 aromatic rings. The lowest BCUT2D eigenvalue weighted by atomic mass is 9.96. The van der Waals surface area contributed by atoms with Gasteiger partial charge in [0.15, 0.2) is 5.96 Å². The van der Waals surface area contributed by atoms with Gasteiger partial charge in [0.1, 0.15) is 5.75 Å².